The highest BCUT2D eigenvalue weighted by atomic mass is 32.2. The summed E-state index contributed by atoms with van der Waals surface area (Å²) in [5, 5.41) is 0. The summed E-state index contributed by atoms with van der Waals surface area (Å²) >= 11 is 5.01. The van der Waals surface area contributed by atoms with Gasteiger partial charge in [0, 0.05) is 18.2 Å². The van der Waals surface area contributed by atoms with Gasteiger partial charge < -0.3 is 5.73 Å². The van der Waals surface area contributed by atoms with Crippen LogP contribution in [0, 0.1) is 5.92 Å². The Morgan fingerprint density at radius 1 is 1.43 bits per heavy atom. The fourth-order valence-corrected chi connectivity index (χ4v) is 5.12. The Morgan fingerprint density at radius 2 is 2.10 bits per heavy atom. The van der Waals surface area contributed by atoms with Crippen molar-refractivity contribution in [3.05, 3.63) is 35.4 Å². The van der Waals surface area contributed by atoms with E-state index in [4.69, 9.17) is 18.0 Å². The van der Waals surface area contributed by atoms with Gasteiger partial charge in [0.05, 0.1) is 5.75 Å². The zero-order valence-electron chi connectivity index (χ0n) is 12.5. The third kappa shape index (κ3) is 3.62. The summed E-state index contributed by atoms with van der Waals surface area (Å²) in [5.41, 5.74) is 7.01. The molecule has 1 saturated heterocycles. The second kappa shape index (κ2) is 6.42. The van der Waals surface area contributed by atoms with Crippen molar-refractivity contribution in [2.75, 3.05) is 6.54 Å². The molecule has 21 heavy (non-hydrogen) atoms. The number of hydrogen-bond acceptors (Lipinski definition) is 3. The fourth-order valence-electron chi connectivity index (χ4n) is 2.94. The van der Waals surface area contributed by atoms with Gasteiger partial charge in [0.25, 0.3) is 0 Å². The molecule has 1 aromatic rings. The highest BCUT2D eigenvalue weighted by molar-refractivity contribution is 7.88. The van der Waals surface area contributed by atoms with Crippen molar-refractivity contribution in [2.45, 2.75) is 38.5 Å². The normalized spacial score (nSPS) is 20.0. The first-order valence-electron chi connectivity index (χ1n) is 7.20. The van der Waals surface area contributed by atoms with Crippen LogP contribution in [0.1, 0.15) is 37.8 Å². The topological polar surface area (TPSA) is 63.4 Å². The SMILES string of the molecule is CC(C)C1CCCN1S(=O)(=O)Cc1ccccc1C(N)=S. The maximum absolute atomic E-state index is 12.7. The first kappa shape index (κ1) is 16.4. The molecule has 0 bridgehead atoms. The van der Waals surface area contributed by atoms with Crippen molar-refractivity contribution in [1.82, 2.24) is 4.31 Å². The van der Waals surface area contributed by atoms with Gasteiger partial charge in [-0.15, -0.1) is 0 Å². The molecule has 2 N–H and O–H groups in total. The van der Waals surface area contributed by atoms with Gasteiger partial charge in [-0.3, -0.25) is 0 Å². The molecule has 1 aromatic carbocycles. The number of thiocarbonyl (C=S) groups is 1. The van der Waals surface area contributed by atoms with E-state index in [1.165, 1.54) is 0 Å². The second-order valence-corrected chi connectivity index (χ2v) is 8.20. The van der Waals surface area contributed by atoms with Gasteiger partial charge in [0.15, 0.2) is 0 Å². The smallest absolute Gasteiger partial charge is 0.218 e. The molecule has 0 aromatic heterocycles. The maximum atomic E-state index is 12.7. The highest BCUT2D eigenvalue weighted by Crippen LogP contribution is 2.28. The molecule has 0 aliphatic carbocycles. The molecule has 1 aliphatic rings. The lowest BCUT2D eigenvalue weighted by Crippen LogP contribution is -2.39. The first-order chi connectivity index (χ1) is 9.83. The van der Waals surface area contributed by atoms with Gasteiger partial charge in [-0.1, -0.05) is 50.3 Å². The van der Waals surface area contributed by atoms with E-state index in [1.54, 1.807) is 16.4 Å². The number of benzene rings is 1. The van der Waals surface area contributed by atoms with Crippen LogP contribution in [0.2, 0.25) is 0 Å². The van der Waals surface area contributed by atoms with E-state index in [9.17, 15) is 8.42 Å². The molecule has 116 valence electrons. The number of hydrogen-bond donors (Lipinski definition) is 1. The zero-order chi connectivity index (χ0) is 15.6. The van der Waals surface area contributed by atoms with Gasteiger partial charge in [-0.05, 0) is 24.3 Å². The molecule has 1 heterocycles. The van der Waals surface area contributed by atoms with Crippen molar-refractivity contribution in [2.24, 2.45) is 11.7 Å². The molecular formula is C15H22N2O2S2. The Hall–Kier alpha value is -0.980. The molecule has 1 unspecified atom stereocenters. The van der Waals surface area contributed by atoms with E-state index in [2.05, 4.69) is 13.8 Å². The number of sulfonamides is 1. The standard InChI is InChI=1S/C15H22N2O2S2/c1-11(2)14-8-5-9-17(14)21(18,19)10-12-6-3-4-7-13(12)15(16)20/h3-4,6-7,11,14H,5,8-10H2,1-2H3,(H2,16,20). The van der Waals surface area contributed by atoms with E-state index in [0.717, 1.165) is 12.8 Å². The molecule has 6 heteroatoms. The minimum absolute atomic E-state index is 0.0380. The molecule has 0 spiro atoms. The minimum atomic E-state index is -3.35. The minimum Gasteiger partial charge on any atom is -0.389 e. The molecule has 0 amide bonds. The second-order valence-electron chi connectivity index (χ2n) is 5.84. The largest absolute Gasteiger partial charge is 0.389 e. The van der Waals surface area contributed by atoms with Gasteiger partial charge in [0.2, 0.25) is 10.0 Å². The van der Waals surface area contributed by atoms with Crippen LogP contribution >= 0.6 is 12.2 Å². The average Bonchev–Trinajstić information content (AvgIpc) is 2.88. The molecule has 1 atom stereocenters. The predicted octanol–water partition coefficient (Wildman–Crippen LogP) is 2.27. The van der Waals surface area contributed by atoms with Crippen LogP contribution < -0.4 is 5.73 Å². The van der Waals surface area contributed by atoms with Gasteiger partial charge >= 0.3 is 0 Å². The average molecular weight is 326 g/mol. The Labute approximate surface area is 132 Å². The lowest BCUT2D eigenvalue weighted by atomic mass is 10.0. The van der Waals surface area contributed by atoms with Crippen molar-refractivity contribution in [1.29, 1.82) is 0 Å². The maximum Gasteiger partial charge on any atom is 0.218 e. The first-order valence-corrected chi connectivity index (χ1v) is 9.22. The summed E-state index contributed by atoms with van der Waals surface area (Å²) in [6.07, 6.45) is 1.87. The summed E-state index contributed by atoms with van der Waals surface area (Å²) in [7, 11) is -3.35. The Balaban J connectivity index is 2.28. The van der Waals surface area contributed by atoms with Crippen LogP contribution in [0.5, 0.6) is 0 Å². The van der Waals surface area contributed by atoms with Gasteiger partial charge in [-0.25, -0.2) is 8.42 Å². The molecule has 1 fully saturated rings. The van der Waals surface area contributed by atoms with Crippen LogP contribution in [0.15, 0.2) is 24.3 Å². The quantitative estimate of drug-likeness (QED) is 0.843. The number of nitrogens with zero attached hydrogens (tertiary/aromatic N) is 1. The summed E-state index contributed by atoms with van der Waals surface area (Å²) in [6, 6.07) is 7.30. The van der Waals surface area contributed by atoms with Crippen LogP contribution in [0.4, 0.5) is 0 Å². The summed E-state index contributed by atoms with van der Waals surface area (Å²) < 4.78 is 27.1. The van der Waals surface area contributed by atoms with E-state index >= 15 is 0 Å². The van der Waals surface area contributed by atoms with Crippen molar-refractivity contribution < 1.29 is 8.42 Å². The van der Waals surface area contributed by atoms with E-state index in [1.807, 2.05) is 12.1 Å². The molecule has 1 aliphatic heterocycles. The molecule has 0 radical (unpaired) electrons. The third-order valence-electron chi connectivity index (χ3n) is 4.00. The van der Waals surface area contributed by atoms with E-state index < -0.39 is 10.0 Å². The van der Waals surface area contributed by atoms with Gasteiger partial charge in [0.1, 0.15) is 4.99 Å². The van der Waals surface area contributed by atoms with Crippen molar-refractivity contribution >= 4 is 27.2 Å². The summed E-state index contributed by atoms with van der Waals surface area (Å²) in [4.78, 5) is 0.239. The molecular weight excluding hydrogens is 304 g/mol. The molecule has 2 rings (SSSR count). The van der Waals surface area contributed by atoms with Crippen LogP contribution in [0.25, 0.3) is 0 Å². The van der Waals surface area contributed by atoms with Crippen LogP contribution in [0.3, 0.4) is 0 Å². The Kier molecular flexibility index (Phi) is 5.01. The van der Waals surface area contributed by atoms with Crippen LogP contribution in [-0.2, 0) is 15.8 Å². The Bertz CT molecular complexity index is 626. The highest BCUT2D eigenvalue weighted by Gasteiger charge is 2.35. The fraction of sp³-hybridized carbons (Fsp3) is 0.533. The Morgan fingerprint density at radius 3 is 2.71 bits per heavy atom. The molecule has 4 nitrogen and oxygen atoms in total. The van der Waals surface area contributed by atoms with Crippen molar-refractivity contribution in [3.8, 4) is 0 Å². The predicted molar refractivity (Wildman–Crippen MR) is 89.5 cm³/mol. The lowest BCUT2D eigenvalue weighted by molar-refractivity contribution is 0.315. The van der Waals surface area contributed by atoms with Gasteiger partial charge in [-0.2, -0.15) is 4.31 Å². The third-order valence-corrected chi connectivity index (χ3v) is 6.06. The van der Waals surface area contributed by atoms with Crippen molar-refractivity contribution in [3.63, 3.8) is 0 Å². The summed E-state index contributed by atoms with van der Waals surface area (Å²) in [5.74, 6) is 0.289. The van der Waals surface area contributed by atoms with E-state index in [-0.39, 0.29) is 16.8 Å². The molecule has 0 saturated carbocycles. The van der Waals surface area contributed by atoms with Crippen LogP contribution in [-0.4, -0.2) is 30.3 Å². The number of nitrogens with two attached hydrogens (primary N) is 1. The van der Waals surface area contributed by atoms with E-state index in [0.29, 0.717) is 23.6 Å². The summed E-state index contributed by atoms with van der Waals surface area (Å²) in [6.45, 7) is 4.75. The number of rotatable bonds is 5. The monoisotopic (exact) mass is 326 g/mol. The zero-order valence-corrected chi connectivity index (χ0v) is 14.1. The lowest BCUT2D eigenvalue weighted by Gasteiger charge is -2.27.